The predicted molar refractivity (Wildman–Crippen MR) is 80.1 cm³/mol. The number of hydrogen-bond acceptors (Lipinski definition) is 4. The molecule has 2 aromatic rings. The lowest BCUT2D eigenvalue weighted by atomic mass is 10.2. The Morgan fingerprint density at radius 3 is 2.67 bits per heavy atom. The van der Waals surface area contributed by atoms with Gasteiger partial charge in [-0.2, -0.15) is 0 Å². The number of rotatable bonds is 4. The molecule has 0 atom stereocenters. The van der Waals surface area contributed by atoms with Crippen LogP contribution in [-0.4, -0.2) is 4.92 Å². The SMILES string of the molecule is O=[N+]([O-])c1ccc(Br)cc1NCc1cc(Br)cs1. The van der Waals surface area contributed by atoms with E-state index in [2.05, 4.69) is 37.2 Å². The average molecular weight is 392 g/mol. The molecule has 1 heterocycles. The number of nitrogens with one attached hydrogen (secondary N) is 1. The molecule has 1 aromatic heterocycles. The number of nitrogens with zero attached hydrogens (tertiary/aromatic N) is 1. The van der Waals surface area contributed by atoms with Gasteiger partial charge in [0.25, 0.3) is 5.69 Å². The quantitative estimate of drug-likeness (QED) is 0.601. The topological polar surface area (TPSA) is 55.2 Å². The zero-order valence-electron chi connectivity index (χ0n) is 9.02. The van der Waals surface area contributed by atoms with Crippen LogP contribution in [0.1, 0.15) is 4.88 Å². The number of nitro benzene ring substituents is 1. The molecule has 0 aliphatic heterocycles. The highest BCUT2D eigenvalue weighted by Crippen LogP contribution is 2.29. The molecular formula is C11H8Br2N2O2S. The summed E-state index contributed by atoms with van der Waals surface area (Å²) in [5, 5.41) is 16.0. The van der Waals surface area contributed by atoms with Gasteiger partial charge >= 0.3 is 0 Å². The van der Waals surface area contributed by atoms with Gasteiger partial charge in [0.1, 0.15) is 5.69 Å². The van der Waals surface area contributed by atoms with E-state index in [0.717, 1.165) is 13.8 Å². The van der Waals surface area contributed by atoms with E-state index in [-0.39, 0.29) is 10.6 Å². The Bertz CT molecular complexity index is 586. The van der Waals surface area contributed by atoms with Gasteiger partial charge in [-0.1, -0.05) is 15.9 Å². The number of halogens is 2. The van der Waals surface area contributed by atoms with Crippen molar-refractivity contribution in [3.05, 3.63) is 53.6 Å². The van der Waals surface area contributed by atoms with Crippen molar-refractivity contribution in [1.29, 1.82) is 0 Å². The summed E-state index contributed by atoms with van der Waals surface area (Å²) in [6.07, 6.45) is 0. The van der Waals surface area contributed by atoms with Crippen LogP contribution in [0.2, 0.25) is 0 Å². The summed E-state index contributed by atoms with van der Waals surface area (Å²) < 4.78 is 1.83. The highest BCUT2D eigenvalue weighted by atomic mass is 79.9. The van der Waals surface area contributed by atoms with Crippen LogP contribution in [0.15, 0.2) is 38.6 Å². The average Bonchev–Trinajstić information content (AvgIpc) is 2.72. The first kappa shape index (κ1) is 13.5. The maximum Gasteiger partial charge on any atom is 0.292 e. The Morgan fingerprint density at radius 2 is 2.06 bits per heavy atom. The molecule has 18 heavy (non-hydrogen) atoms. The number of nitro groups is 1. The van der Waals surface area contributed by atoms with Crippen LogP contribution < -0.4 is 5.32 Å². The number of benzene rings is 1. The fourth-order valence-electron chi connectivity index (χ4n) is 1.44. The van der Waals surface area contributed by atoms with Gasteiger partial charge in [0, 0.05) is 31.8 Å². The van der Waals surface area contributed by atoms with Gasteiger partial charge in [0.2, 0.25) is 0 Å². The molecule has 0 saturated carbocycles. The van der Waals surface area contributed by atoms with Crippen molar-refractivity contribution in [3.63, 3.8) is 0 Å². The Balaban J connectivity index is 2.17. The molecule has 2 rings (SSSR count). The molecule has 0 fully saturated rings. The fourth-order valence-corrected chi connectivity index (χ4v) is 3.19. The van der Waals surface area contributed by atoms with Gasteiger partial charge in [-0.05, 0) is 34.1 Å². The van der Waals surface area contributed by atoms with Gasteiger partial charge in [0.05, 0.1) is 4.92 Å². The van der Waals surface area contributed by atoms with E-state index in [1.54, 1.807) is 23.5 Å². The third kappa shape index (κ3) is 3.30. The lowest BCUT2D eigenvalue weighted by molar-refractivity contribution is -0.384. The summed E-state index contributed by atoms with van der Waals surface area (Å²) >= 11 is 8.28. The van der Waals surface area contributed by atoms with Gasteiger partial charge in [0.15, 0.2) is 0 Å². The summed E-state index contributed by atoms with van der Waals surface area (Å²) in [4.78, 5) is 11.6. The first-order chi connectivity index (χ1) is 8.56. The van der Waals surface area contributed by atoms with E-state index in [9.17, 15) is 10.1 Å². The van der Waals surface area contributed by atoms with Crippen LogP contribution in [0.5, 0.6) is 0 Å². The molecule has 0 spiro atoms. The standard InChI is InChI=1S/C11H8Br2N2O2S/c12-7-1-2-11(15(16)17)10(4-7)14-5-9-3-8(13)6-18-9/h1-4,6,14H,5H2. The Morgan fingerprint density at radius 1 is 1.28 bits per heavy atom. The summed E-state index contributed by atoms with van der Waals surface area (Å²) in [7, 11) is 0. The molecule has 1 aromatic carbocycles. The zero-order chi connectivity index (χ0) is 13.1. The molecule has 0 saturated heterocycles. The minimum Gasteiger partial charge on any atom is -0.375 e. The van der Waals surface area contributed by atoms with E-state index in [0.29, 0.717) is 12.2 Å². The molecule has 0 bridgehead atoms. The monoisotopic (exact) mass is 390 g/mol. The molecule has 4 nitrogen and oxygen atoms in total. The summed E-state index contributed by atoms with van der Waals surface area (Å²) in [6.45, 7) is 0.563. The van der Waals surface area contributed by atoms with E-state index in [1.807, 2.05) is 11.4 Å². The van der Waals surface area contributed by atoms with Gasteiger partial charge < -0.3 is 5.32 Å². The van der Waals surface area contributed by atoms with Crippen LogP contribution >= 0.6 is 43.2 Å². The van der Waals surface area contributed by atoms with Crippen LogP contribution in [0.4, 0.5) is 11.4 Å². The van der Waals surface area contributed by atoms with E-state index < -0.39 is 0 Å². The molecule has 0 aliphatic carbocycles. The molecule has 0 aliphatic rings. The third-order valence-electron chi connectivity index (χ3n) is 2.23. The van der Waals surface area contributed by atoms with Crippen molar-refractivity contribution in [2.24, 2.45) is 0 Å². The second kappa shape index (κ2) is 5.81. The number of hydrogen-bond donors (Lipinski definition) is 1. The van der Waals surface area contributed by atoms with Gasteiger partial charge in [-0.25, -0.2) is 0 Å². The van der Waals surface area contributed by atoms with Crippen LogP contribution in [0.25, 0.3) is 0 Å². The van der Waals surface area contributed by atoms with Crippen molar-refractivity contribution in [2.75, 3.05) is 5.32 Å². The fraction of sp³-hybridized carbons (Fsp3) is 0.0909. The normalized spacial score (nSPS) is 10.3. The van der Waals surface area contributed by atoms with Gasteiger partial charge in [-0.3, -0.25) is 10.1 Å². The molecule has 0 unspecified atom stereocenters. The van der Waals surface area contributed by atoms with Crippen molar-refractivity contribution in [1.82, 2.24) is 0 Å². The minimum absolute atomic E-state index is 0.0776. The number of anilines is 1. The second-order valence-corrected chi connectivity index (χ2v) is 6.33. The van der Waals surface area contributed by atoms with Gasteiger partial charge in [-0.15, -0.1) is 11.3 Å². The Labute approximate surface area is 124 Å². The summed E-state index contributed by atoms with van der Waals surface area (Å²) in [5.74, 6) is 0. The maximum atomic E-state index is 10.9. The van der Waals surface area contributed by atoms with Crippen molar-refractivity contribution in [2.45, 2.75) is 6.54 Å². The van der Waals surface area contributed by atoms with E-state index >= 15 is 0 Å². The molecular weight excluding hydrogens is 384 g/mol. The Hall–Kier alpha value is -0.920. The minimum atomic E-state index is -0.390. The smallest absolute Gasteiger partial charge is 0.292 e. The lowest BCUT2D eigenvalue weighted by Crippen LogP contribution is -2.01. The largest absolute Gasteiger partial charge is 0.375 e. The number of thiophene rings is 1. The van der Waals surface area contributed by atoms with E-state index in [4.69, 9.17) is 0 Å². The molecule has 94 valence electrons. The summed E-state index contributed by atoms with van der Waals surface area (Å²) in [6, 6.07) is 6.84. The first-order valence-corrected chi connectivity index (χ1v) is 7.43. The van der Waals surface area contributed by atoms with Crippen molar-refractivity contribution in [3.8, 4) is 0 Å². The molecule has 0 amide bonds. The van der Waals surface area contributed by atoms with Crippen LogP contribution in [0, 0.1) is 10.1 Å². The highest BCUT2D eigenvalue weighted by molar-refractivity contribution is 9.10. The van der Waals surface area contributed by atoms with Crippen LogP contribution in [-0.2, 0) is 6.54 Å². The zero-order valence-corrected chi connectivity index (χ0v) is 13.0. The predicted octanol–water partition coefficient (Wildman–Crippen LogP) is 4.79. The van der Waals surface area contributed by atoms with Crippen molar-refractivity contribution >= 4 is 54.6 Å². The van der Waals surface area contributed by atoms with Crippen LogP contribution in [0.3, 0.4) is 0 Å². The molecule has 7 heteroatoms. The first-order valence-electron chi connectivity index (χ1n) is 4.97. The summed E-state index contributed by atoms with van der Waals surface area (Å²) in [5.41, 5.74) is 0.590. The Kier molecular flexibility index (Phi) is 4.36. The van der Waals surface area contributed by atoms with Crippen molar-refractivity contribution < 1.29 is 4.92 Å². The highest BCUT2D eigenvalue weighted by Gasteiger charge is 2.13. The third-order valence-corrected chi connectivity index (χ3v) is 4.42. The second-order valence-electron chi connectivity index (χ2n) is 3.50. The lowest BCUT2D eigenvalue weighted by Gasteiger charge is -2.06. The molecule has 0 radical (unpaired) electrons. The molecule has 1 N–H and O–H groups in total. The van der Waals surface area contributed by atoms with E-state index in [1.165, 1.54) is 6.07 Å². The maximum absolute atomic E-state index is 10.9.